The molecule has 0 unspecified atom stereocenters. The fourth-order valence-corrected chi connectivity index (χ4v) is 2.72. The van der Waals surface area contributed by atoms with Crippen molar-refractivity contribution in [1.82, 2.24) is 19.7 Å². The predicted octanol–water partition coefficient (Wildman–Crippen LogP) is 2.65. The Morgan fingerprint density at radius 1 is 1.45 bits per heavy atom. The fraction of sp³-hybridized carbons (Fsp3) is 0.562. The van der Waals surface area contributed by atoms with Crippen molar-refractivity contribution in [2.45, 2.75) is 45.8 Å². The number of rotatable bonds is 6. The second-order valence-electron chi connectivity index (χ2n) is 5.67. The summed E-state index contributed by atoms with van der Waals surface area (Å²) >= 11 is 0. The average molecular weight is 301 g/mol. The third kappa shape index (κ3) is 3.44. The molecule has 1 aliphatic rings. The molecule has 0 amide bonds. The second kappa shape index (κ2) is 6.87. The first kappa shape index (κ1) is 15.0. The van der Waals surface area contributed by atoms with Crippen LogP contribution in [0.3, 0.4) is 0 Å². The lowest BCUT2D eigenvalue weighted by molar-refractivity contribution is 0.120. The lowest BCUT2D eigenvalue weighted by Crippen LogP contribution is -2.19. The Balaban J connectivity index is 1.72. The summed E-state index contributed by atoms with van der Waals surface area (Å²) in [7, 11) is 0. The third-order valence-corrected chi connectivity index (χ3v) is 3.84. The summed E-state index contributed by atoms with van der Waals surface area (Å²) in [4.78, 5) is 8.90. The van der Waals surface area contributed by atoms with Crippen LogP contribution in [0.25, 0.3) is 11.3 Å². The minimum absolute atomic E-state index is 0.279. The van der Waals surface area contributed by atoms with E-state index in [4.69, 9.17) is 4.74 Å². The Morgan fingerprint density at radius 3 is 3.14 bits per heavy atom. The number of anilines is 1. The maximum absolute atomic E-state index is 5.61. The summed E-state index contributed by atoms with van der Waals surface area (Å²) < 4.78 is 7.59. The minimum Gasteiger partial charge on any atom is -0.376 e. The van der Waals surface area contributed by atoms with E-state index >= 15 is 0 Å². The average Bonchev–Trinajstić information content (AvgIpc) is 3.16. The predicted molar refractivity (Wildman–Crippen MR) is 85.7 cm³/mol. The van der Waals surface area contributed by atoms with Gasteiger partial charge in [0.1, 0.15) is 0 Å². The van der Waals surface area contributed by atoms with Gasteiger partial charge in [-0.15, -0.1) is 0 Å². The first-order valence-electron chi connectivity index (χ1n) is 7.99. The number of nitrogens with one attached hydrogen (secondary N) is 1. The molecule has 6 nitrogen and oxygen atoms in total. The first-order chi connectivity index (χ1) is 10.8. The highest BCUT2D eigenvalue weighted by Gasteiger charge is 2.16. The summed E-state index contributed by atoms with van der Waals surface area (Å²) in [5.41, 5.74) is 2.97. The zero-order valence-electron chi connectivity index (χ0n) is 13.2. The molecule has 1 atom stereocenters. The highest BCUT2D eigenvalue weighted by atomic mass is 16.5. The largest absolute Gasteiger partial charge is 0.376 e. The van der Waals surface area contributed by atoms with Gasteiger partial charge >= 0.3 is 0 Å². The van der Waals surface area contributed by atoms with Gasteiger partial charge in [-0.1, -0.05) is 6.92 Å². The monoisotopic (exact) mass is 301 g/mol. The van der Waals surface area contributed by atoms with E-state index in [1.165, 1.54) is 0 Å². The van der Waals surface area contributed by atoms with Crippen LogP contribution in [0, 0.1) is 6.92 Å². The van der Waals surface area contributed by atoms with Crippen molar-refractivity contribution in [2.75, 3.05) is 18.5 Å². The van der Waals surface area contributed by atoms with Gasteiger partial charge in [-0.3, -0.25) is 4.68 Å². The van der Waals surface area contributed by atoms with Crippen LogP contribution in [0.5, 0.6) is 0 Å². The van der Waals surface area contributed by atoms with Gasteiger partial charge in [0.25, 0.3) is 0 Å². The zero-order chi connectivity index (χ0) is 15.4. The second-order valence-corrected chi connectivity index (χ2v) is 5.67. The van der Waals surface area contributed by atoms with Gasteiger partial charge in [0.15, 0.2) is 0 Å². The molecule has 2 aromatic heterocycles. The summed E-state index contributed by atoms with van der Waals surface area (Å²) in [6.07, 6.45) is 7.44. The molecule has 3 heterocycles. The topological polar surface area (TPSA) is 64.9 Å². The number of hydrogen-bond acceptors (Lipinski definition) is 5. The molecule has 0 saturated carbocycles. The van der Waals surface area contributed by atoms with Crippen LogP contribution in [0.2, 0.25) is 0 Å². The molecule has 118 valence electrons. The Labute approximate surface area is 130 Å². The van der Waals surface area contributed by atoms with Crippen molar-refractivity contribution in [3.63, 3.8) is 0 Å². The summed E-state index contributed by atoms with van der Waals surface area (Å²) in [5.74, 6) is 0.649. The molecule has 0 aromatic carbocycles. The van der Waals surface area contributed by atoms with E-state index in [0.717, 1.165) is 55.9 Å². The lowest BCUT2D eigenvalue weighted by Gasteiger charge is -2.10. The summed E-state index contributed by atoms with van der Waals surface area (Å²) in [6, 6.07) is 1.93. The van der Waals surface area contributed by atoms with Crippen molar-refractivity contribution < 1.29 is 4.74 Å². The number of aryl methyl sites for hydroxylation is 2. The maximum Gasteiger partial charge on any atom is 0.223 e. The molecule has 22 heavy (non-hydrogen) atoms. The van der Waals surface area contributed by atoms with E-state index in [1.807, 2.05) is 17.7 Å². The molecule has 1 N–H and O–H groups in total. The van der Waals surface area contributed by atoms with E-state index in [2.05, 4.69) is 33.5 Å². The van der Waals surface area contributed by atoms with Crippen LogP contribution in [0.4, 0.5) is 5.95 Å². The van der Waals surface area contributed by atoms with Crippen LogP contribution in [0.15, 0.2) is 18.5 Å². The highest BCUT2D eigenvalue weighted by Crippen LogP contribution is 2.21. The number of ether oxygens (including phenoxy) is 1. The van der Waals surface area contributed by atoms with Crippen LogP contribution in [0.1, 0.15) is 31.9 Å². The van der Waals surface area contributed by atoms with Crippen LogP contribution < -0.4 is 5.32 Å². The van der Waals surface area contributed by atoms with Crippen molar-refractivity contribution in [2.24, 2.45) is 0 Å². The molecule has 1 aliphatic heterocycles. The molecule has 1 saturated heterocycles. The fourth-order valence-electron chi connectivity index (χ4n) is 2.72. The van der Waals surface area contributed by atoms with E-state index in [-0.39, 0.29) is 6.10 Å². The molecule has 6 heteroatoms. The standard InChI is InChI=1S/C16H23N5O/c1-3-8-21-11-14(12(2)20-21)15-6-7-17-16(19-15)18-10-13-5-4-9-22-13/h6-7,11,13H,3-5,8-10H2,1-2H3,(H,17,18,19)/t13-/m0/s1. The van der Waals surface area contributed by atoms with Crippen molar-refractivity contribution in [1.29, 1.82) is 0 Å². The highest BCUT2D eigenvalue weighted by molar-refractivity contribution is 5.61. The van der Waals surface area contributed by atoms with Crippen LogP contribution in [-0.4, -0.2) is 39.0 Å². The third-order valence-electron chi connectivity index (χ3n) is 3.84. The SMILES string of the molecule is CCCn1cc(-c2ccnc(NC[C@@H]3CCCO3)n2)c(C)n1. The van der Waals surface area contributed by atoms with Crippen molar-refractivity contribution >= 4 is 5.95 Å². The van der Waals surface area contributed by atoms with Crippen LogP contribution >= 0.6 is 0 Å². The van der Waals surface area contributed by atoms with Gasteiger partial charge in [-0.2, -0.15) is 5.10 Å². The quantitative estimate of drug-likeness (QED) is 0.888. The lowest BCUT2D eigenvalue weighted by atomic mass is 10.2. The Bertz CT molecular complexity index is 619. The Hall–Kier alpha value is -1.95. The molecule has 0 bridgehead atoms. The molecular weight excluding hydrogens is 278 g/mol. The number of nitrogens with zero attached hydrogens (tertiary/aromatic N) is 4. The van der Waals surface area contributed by atoms with Gasteiger partial charge in [0.05, 0.1) is 17.5 Å². The zero-order valence-corrected chi connectivity index (χ0v) is 13.2. The summed E-state index contributed by atoms with van der Waals surface area (Å²) in [6.45, 7) is 6.72. The molecule has 3 rings (SSSR count). The number of aromatic nitrogens is 4. The molecular formula is C16H23N5O. The minimum atomic E-state index is 0.279. The molecule has 0 aliphatic carbocycles. The maximum atomic E-state index is 5.61. The normalized spacial score (nSPS) is 17.8. The van der Waals surface area contributed by atoms with Gasteiger partial charge in [-0.05, 0) is 32.3 Å². The Morgan fingerprint density at radius 2 is 2.36 bits per heavy atom. The van der Waals surface area contributed by atoms with E-state index in [0.29, 0.717) is 5.95 Å². The van der Waals surface area contributed by atoms with Gasteiger partial charge in [-0.25, -0.2) is 9.97 Å². The first-order valence-corrected chi connectivity index (χ1v) is 7.99. The molecule has 0 radical (unpaired) electrons. The van der Waals surface area contributed by atoms with E-state index in [9.17, 15) is 0 Å². The van der Waals surface area contributed by atoms with Gasteiger partial charge < -0.3 is 10.1 Å². The Kier molecular flexibility index (Phi) is 4.68. The van der Waals surface area contributed by atoms with E-state index in [1.54, 1.807) is 6.20 Å². The molecule has 2 aromatic rings. The van der Waals surface area contributed by atoms with Crippen molar-refractivity contribution in [3.05, 3.63) is 24.2 Å². The van der Waals surface area contributed by atoms with Crippen molar-refractivity contribution in [3.8, 4) is 11.3 Å². The van der Waals surface area contributed by atoms with Crippen LogP contribution in [-0.2, 0) is 11.3 Å². The van der Waals surface area contributed by atoms with Gasteiger partial charge in [0.2, 0.25) is 5.95 Å². The molecule has 0 spiro atoms. The van der Waals surface area contributed by atoms with Gasteiger partial charge in [0, 0.05) is 37.7 Å². The smallest absolute Gasteiger partial charge is 0.223 e. The molecule has 1 fully saturated rings. The summed E-state index contributed by atoms with van der Waals surface area (Å²) in [5, 5.41) is 7.81. The van der Waals surface area contributed by atoms with E-state index < -0.39 is 0 Å². The number of hydrogen-bond donors (Lipinski definition) is 1.